The minimum Gasteiger partial charge on any atom is -0.481 e. The molecule has 2 unspecified atom stereocenters. The van der Waals surface area contributed by atoms with Gasteiger partial charge in [-0.1, -0.05) is 181 Å². The smallest absolute Gasteiger partial charge is 0.328 e. The normalized spacial score (nSPS) is 14.1. The van der Waals surface area contributed by atoms with Crippen LogP contribution in [0.1, 0.15) is 194 Å². The zero-order valence-corrected chi connectivity index (χ0v) is 28.1. The van der Waals surface area contributed by atoms with Gasteiger partial charge in [0.2, 0.25) is 4.75 Å². The lowest BCUT2D eigenvalue weighted by Gasteiger charge is -2.32. The van der Waals surface area contributed by atoms with Gasteiger partial charge in [-0.25, -0.2) is 0 Å². The van der Waals surface area contributed by atoms with Gasteiger partial charge in [-0.15, -0.1) is 0 Å². The predicted molar refractivity (Wildman–Crippen MR) is 174 cm³/mol. The van der Waals surface area contributed by atoms with E-state index in [0.29, 0.717) is 12.8 Å². The van der Waals surface area contributed by atoms with Crippen molar-refractivity contribution in [2.24, 2.45) is 5.92 Å². The Hall–Kier alpha value is -1.15. The molecule has 2 atom stereocenters. The Kier molecular flexibility index (Phi) is 25.5. The van der Waals surface area contributed by atoms with Crippen LogP contribution in [0.4, 0.5) is 0 Å². The lowest BCUT2D eigenvalue weighted by atomic mass is 9.82. The summed E-state index contributed by atoms with van der Waals surface area (Å²) in [6.45, 7) is 4.44. The van der Waals surface area contributed by atoms with Crippen molar-refractivity contribution in [1.29, 1.82) is 0 Å². The molecule has 0 aromatic rings. The number of carbonyl (C=O) groups is 2. The summed E-state index contributed by atoms with van der Waals surface area (Å²) in [5.41, 5.74) is 0. The molecular weight excluding hydrogens is 552 g/mol. The Labute approximate surface area is 258 Å². The summed E-state index contributed by atoms with van der Waals surface area (Å²) in [7, 11) is -5.13. The highest BCUT2D eigenvalue weighted by Gasteiger charge is 2.58. The van der Waals surface area contributed by atoms with Crippen LogP contribution in [0, 0.1) is 5.92 Å². The number of unbranched alkanes of at least 4 members (excludes halogenated alkanes) is 24. The fourth-order valence-electron chi connectivity index (χ4n) is 6.18. The molecule has 0 rings (SSSR count). The SMILES string of the molecule is CCCCCCCCCCCCCCCC(C(=O)O)C(CCCCCCCCCCCCCCC)(C(=O)O)S(=O)(=O)O. The van der Waals surface area contributed by atoms with Gasteiger partial charge in [-0.3, -0.25) is 14.1 Å². The van der Waals surface area contributed by atoms with Crippen LogP contribution in [0.25, 0.3) is 0 Å². The zero-order valence-electron chi connectivity index (χ0n) is 27.3. The zero-order chi connectivity index (χ0) is 31.5. The molecule has 0 aliphatic rings. The van der Waals surface area contributed by atoms with E-state index in [1.807, 2.05) is 0 Å². The predicted octanol–water partition coefficient (Wildman–Crippen LogP) is 10.4. The summed E-state index contributed by atoms with van der Waals surface area (Å²) >= 11 is 0. The molecule has 42 heavy (non-hydrogen) atoms. The molecule has 0 bridgehead atoms. The summed E-state index contributed by atoms with van der Waals surface area (Å²) in [4.78, 5) is 24.4. The van der Waals surface area contributed by atoms with Crippen LogP contribution in [0.15, 0.2) is 0 Å². The Morgan fingerprint density at radius 3 is 1.07 bits per heavy atom. The second kappa shape index (κ2) is 26.3. The van der Waals surface area contributed by atoms with E-state index in [1.54, 1.807) is 0 Å². The van der Waals surface area contributed by atoms with Gasteiger partial charge in [0, 0.05) is 0 Å². The van der Waals surface area contributed by atoms with Gasteiger partial charge in [0.05, 0.1) is 5.92 Å². The van der Waals surface area contributed by atoms with Crippen molar-refractivity contribution in [1.82, 2.24) is 0 Å². The van der Waals surface area contributed by atoms with Gasteiger partial charge in [0.1, 0.15) is 0 Å². The summed E-state index contributed by atoms with van der Waals surface area (Å²) in [5.74, 6) is -4.90. The third kappa shape index (κ3) is 18.5. The highest BCUT2D eigenvalue weighted by Crippen LogP contribution is 2.37. The fourth-order valence-corrected chi connectivity index (χ4v) is 7.38. The van der Waals surface area contributed by atoms with E-state index in [2.05, 4.69) is 13.8 Å². The van der Waals surface area contributed by atoms with Gasteiger partial charge in [0.15, 0.2) is 0 Å². The molecule has 0 heterocycles. The van der Waals surface area contributed by atoms with E-state index in [-0.39, 0.29) is 19.3 Å². The molecule has 8 heteroatoms. The molecule has 0 aromatic heterocycles. The van der Waals surface area contributed by atoms with Gasteiger partial charge in [-0.2, -0.15) is 8.42 Å². The Bertz CT molecular complexity index is 768. The molecule has 0 radical (unpaired) electrons. The van der Waals surface area contributed by atoms with E-state index in [1.165, 1.54) is 96.3 Å². The molecule has 0 fully saturated rings. The molecule has 0 aromatic carbocycles. The molecule has 7 nitrogen and oxygen atoms in total. The van der Waals surface area contributed by atoms with E-state index in [4.69, 9.17) is 0 Å². The Morgan fingerprint density at radius 1 is 0.524 bits per heavy atom. The topological polar surface area (TPSA) is 129 Å². The van der Waals surface area contributed by atoms with Crippen LogP contribution >= 0.6 is 0 Å². The van der Waals surface area contributed by atoms with Crippen molar-refractivity contribution in [3.05, 3.63) is 0 Å². The van der Waals surface area contributed by atoms with E-state index >= 15 is 0 Å². The first-order chi connectivity index (χ1) is 20.1. The maximum atomic E-state index is 12.4. The maximum absolute atomic E-state index is 12.4. The highest BCUT2D eigenvalue weighted by molar-refractivity contribution is 7.88. The maximum Gasteiger partial charge on any atom is 0.328 e. The third-order valence-corrected chi connectivity index (χ3v) is 10.5. The van der Waals surface area contributed by atoms with Crippen molar-refractivity contribution in [3.8, 4) is 0 Å². The van der Waals surface area contributed by atoms with Gasteiger partial charge in [0.25, 0.3) is 10.1 Å². The first-order valence-corrected chi connectivity index (χ1v) is 19.0. The molecule has 250 valence electrons. The molecule has 0 saturated heterocycles. The van der Waals surface area contributed by atoms with Crippen molar-refractivity contribution < 1.29 is 32.8 Å². The van der Waals surface area contributed by atoms with Crippen LogP contribution in [0.5, 0.6) is 0 Å². The third-order valence-electron chi connectivity index (χ3n) is 8.93. The summed E-state index contributed by atoms with van der Waals surface area (Å²) < 4.78 is 32.2. The van der Waals surface area contributed by atoms with Crippen LogP contribution in [0.3, 0.4) is 0 Å². The van der Waals surface area contributed by atoms with E-state index < -0.39 is 32.7 Å². The van der Waals surface area contributed by atoms with Gasteiger partial charge >= 0.3 is 11.9 Å². The Balaban J connectivity index is 4.49. The van der Waals surface area contributed by atoms with Crippen LogP contribution in [-0.4, -0.2) is 39.9 Å². The lowest BCUT2D eigenvalue weighted by Crippen LogP contribution is -2.55. The molecule has 0 amide bonds. The van der Waals surface area contributed by atoms with Crippen molar-refractivity contribution in [2.45, 2.75) is 198 Å². The number of carboxylic acids is 2. The Morgan fingerprint density at radius 2 is 0.810 bits per heavy atom. The second-order valence-corrected chi connectivity index (χ2v) is 14.3. The molecule has 0 spiro atoms. The summed E-state index contributed by atoms with van der Waals surface area (Å²) in [6, 6.07) is 0. The average molecular weight is 619 g/mol. The number of hydrogen-bond acceptors (Lipinski definition) is 4. The molecular formula is C34H66O7S. The fraction of sp³-hybridized carbons (Fsp3) is 0.941. The summed E-state index contributed by atoms with van der Waals surface area (Å²) in [6.07, 6.45) is 27.9. The summed E-state index contributed by atoms with van der Waals surface area (Å²) in [5, 5.41) is 19.8. The van der Waals surface area contributed by atoms with Gasteiger partial charge in [-0.05, 0) is 12.8 Å². The van der Waals surface area contributed by atoms with E-state index in [9.17, 15) is 32.8 Å². The minimum atomic E-state index is -5.13. The number of hydrogen-bond donors (Lipinski definition) is 3. The van der Waals surface area contributed by atoms with Crippen LogP contribution in [-0.2, 0) is 19.7 Å². The van der Waals surface area contributed by atoms with Crippen LogP contribution in [0.2, 0.25) is 0 Å². The molecule has 0 saturated carbocycles. The first-order valence-electron chi connectivity index (χ1n) is 17.6. The molecule has 0 aliphatic heterocycles. The second-order valence-electron chi connectivity index (χ2n) is 12.6. The van der Waals surface area contributed by atoms with Crippen molar-refractivity contribution >= 4 is 22.1 Å². The molecule has 3 N–H and O–H groups in total. The quantitative estimate of drug-likeness (QED) is 0.0505. The van der Waals surface area contributed by atoms with E-state index in [0.717, 1.165) is 51.4 Å². The monoisotopic (exact) mass is 618 g/mol. The van der Waals surface area contributed by atoms with Crippen molar-refractivity contribution in [2.75, 3.05) is 0 Å². The number of rotatable bonds is 32. The average Bonchev–Trinajstić information content (AvgIpc) is 2.93. The largest absolute Gasteiger partial charge is 0.481 e. The minimum absolute atomic E-state index is 0.0718. The van der Waals surface area contributed by atoms with Crippen LogP contribution < -0.4 is 0 Å². The molecule has 0 aliphatic carbocycles. The highest BCUT2D eigenvalue weighted by atomic mass is 32.2. The standard InChI is InChI=1S/C34H66O7S/c1-3-5-7-9-11-13-15-17-19-21-23-25-27-29-31(32(35)36)34(33(37)38,42(39,40)41)30-28-26-24-22-20-18-16-14-12-10-8-6-4-2/h31H,3-30H2,1-2H3,(H,35,36)(H,37,38)(H,39,40,41). The lowest BCUT2D eigenvalue weighted by molar-refractivity contribution is -0.152. The first kappa shape index (κ1) is 40.9. The van der Waals surface area contributed by atoms with Crippen molar-refractivity contribution in [3.63, 3.8) is 0 Å². The van der Waals surface area contributed by atoms with Gasteiger partial charge < -0.3 is 10.2 Å². The number of carboxylic acid groups (broad SMARTS) is 2. The number of aliphatic carboxylic acids is 2.